The lowest BCUT2D eigenvalue weighted by Gasteiger charge is -2.42. The summed E-state index contributed by atoms with van der Waals surface area (Å²) in [6.07, 6.45) is 0.391. The molecule has 5 atom stereocenters. The van der Waals surface area contributed by atoms with Gasteiger partial charge in [-0.2, -0.15) is 0 Å². The Labute approximate surface area is 214 Å². The molecule has 1 aliphatic heterocycles. The number of aliphatic hydroxyl groups excluding tert-OH is 1. The minimum absolute atomic E-state index is 0.0340. The lowest BCUT2D eigenvalue weighted by molar-refractivity contribution is -0.250. The fraction of sp³-hybridized carbons (Fsp3) is 0.429. The maximum atomic E-state index is 13.4. The number of hydrogen-bond acceptors (Lipinski definition) is 9. The third kappa shape index (κ3) is 3.93. The minimum Gasteiger partial charge on any atom is -0.507 e. The van der Waals surface area contributed by atoms with Crippen molar-refractivity contribution >= 4 is 17.6 Å². The third-order valence-corrected chi connectivity index (χ3v) is 7.72. The number of ether oxygens (including phenoxy) is 2. The summed E-state index contributed by atoms with van der Waals surface area (Å²) in [4.78, 5) is 28.7. The largest absolute Gasteiger partial charge is 0.507 e. The maximum Gasteiger partial charge on any atom is 0.202 e. The van der Waals surface area contributed by atoms with E-state index in [9.17, 15) is 30.0 Å². The molecule has 0 spiro atoms. The molecular weight excluding hydrogens is 478 g/mol. The summed E-state index contributed by atoms with van der Waals surface area (Å²) in [5, 5.41) is 43.6. The highest BCUT2D eigenvalue weighted by Crippen LogP contribution is 2.51. The van der Waals surface area contributed by atoms with Gasteiger partial charge in [0.2, 0.25) is 5.78 Å². The van der Waals surface area contributed by atoms with Crippen LogP contribution >= 0.6 is 0 Å². The van der Waals surface area contributed by atoms with Crippen molar-refractivity contribution in [1.29, 1.82) is 0 Å². The average molecular weight is 510 g/mol. The smallest absolute Gasteiger partial charge is 0.202 e. The molecule has 4 N–H and O–H groups in total. The van der Waals surface area contributed by atoms with E-state index in [0.717, 1.165) is 5.57 Å². The standard InChI is InChI=1S/C28H31NO8/c1-5-13-9-15-21(18(10-13)37-19-11-16(29(3)4)24(31)12(2)36-19)28(35)23-22(26(15)33)25(32)14-7-6-8-17(30)20(14)27(23)34/h6-9,12,16,18-19,24,30-31,33,35H,5,10-11H2,1-4H3/t12-,16-,18+,19-,24+/m0/s1. The van der Waals surface area contributed by atoms with Crippen molar-refractivity contribution in [3.05, 3.63) is 57.2 Å². The van der Waals surface area contributed by atoms with Gasteiger partial charge in [0.25, 0.3) is 0 Å². The Morgan fingerprint density at radius 1 is 1.05 bits per heavy atom. The number of hydrogen-bond donors (Lipinski definition) is 4. The molecule has 0 aromatic heterocycles. The number of carbonyl (C=O) groups excluding carboxylic acids is 2. The highest BCUT2D eigenvalue weighted by atomic mass is 16.7. The second-order valence-electron chi connectivity index (χ2n) is 10.1. The number of carbonyl (C=O) groups is 2. The first kappa shape index (κ1) is 25.4. The van der Waals surface area contributed by atoms with Gasteiger partial charge in [-0.05, 0) is 39.9 Å². The van der Waals surface area contributed by atoms with Gasteiger partial charge < -0.3 is 34.8 Å². The monoisotopic (exact) mass is 509 g/mol. The Hall–Kier alpha value is -3.24. The quantitative estimate of drug-likeness (QED) is 0.391. The minimum atomic E-state index is -0.782. The first-order valence-electron chi connectivity index (χ1n) is 12.4. The molecule has 2 aliphatic carbocycles. The van der Waals surface area contributed by atoms with E-state index in [0.29, 0.717) is 19.3 Å². The van der Waals surface area contributed by atoms with Crippen LogP contribution in [0.25, 0.3) is 6.08 Å². The summed E-state index contributed by atoms with van der Waals surface area (Å²) in [6, 6.07) is 3.93. The van der Waals surface area contributed by atoms with Crippen LogP contribution in [-0.2, 0) is 9.47 Å². The summed E-state index contributed by atoms with van der Waals surface area (Å²) in [7, 11) is 3.73. The van der Waals surface area contributed by atoms with Crippen molar-refractivity contribution < 1.29 is 39.5 Å². The number of aromatic hydroxyl groups is 3. The normalized spacial score (nSPS) is 27.0. The van der Waals surface area contributed by atoms with E-state index in [1.807, 2.05) is 25.9 Å². The van der Waals surface area contributed by atoms with Crippen molar-refractivity contribution in [1.82, 2.24) is 4.90 Å². The zero-order chi connectivity index (χ0) is 26.8. The van der Waals surface area contributed by atoms with Crippen LogP contribution in [-0.4, -0.2) is 75.5 Å². The SMILES string of the molecule is CCC1=Cc2c(O)c3c(c(O)c2[C@H](O[C@H]2C[C@H](N(C)C)[C@H](O)[C@H](C)O2)C1)C(=O)c1c(O)cccc1C3=O. The number of phenols is 3. The van der Waals surface area contributed by atoms with Gasteiger partial charge in [0.1, 0.15) is 17.2 Å². The third-order valence-electron chi connectivity index (χ3n) is 7.72. The number of fused-ring (bicyclic) bond motifs is 3. The second-order valence-corrected chi connectivity index (χ2v) is 10.1. The van der Waals surface area contributed by atoms with Crippen LogP contribution in [0.3, 0.4) is 0 Å². The first-order chi connectivity index (χ1) is 17.5. The van der Waals surface area contributed by atoms with Crippen LogP contribution in [0, 0.1) is 0 Å². The van der Waals surface area contributed by atoms with Gasteiger partial charge in [-0.25, -0.2) is 0 Å². The highest BCUT2D eigenvalue weighted by Gasteiger charge is 2.43. The molecule has 3 aliphatic rings. The summed E-state index contributed by atoms with van der Waals surface area (Å²) < 4.78 is 12.3. The van der Waals surface area contributed by atoms with Crippen LogP contribution in [0.4, 0.5) is 0 Å². The van der Waals surface area contributed by atoms with E-state index >= 15 is 0 Å². The predicted octanol–water partition coefficient (Wildman–Crippen LogP) is 3.26. The first-order valence-corrected chi connectivity index (χ1v) is 12.4. The zero-order valence-electron chi connectivity index (χ0n) is 21.2. The predicted molar refractivity (Wildman–Crippen MR) is 134 cm³/mol. The Morgan fingerprint density at radius 2 is 1.76 bits per heavy atom. The molecule has 2 aromatic rings. The van der Waals surface area contributed by atoms with Crippen molar-refractivity contribution in [2.24, 2.45) is 0 Å². The average Bonchev–Trinajstić information content (AvgIpc) is 2.86. The number of benzene rings is 2. The number of phenolic OH excluding ortho intramolecular Hbond substituents is 3. The maximum absolute atomic E-state index is 13.4. The lowest BCUT2D eigenvalue weighted by Crippen LogP contribution is -2.53. The molecule has 1 saturated heterocycles. The van der Waals surface area contributed by atoms with Crippen LogP contribution in [0.2, 0.25) is 0 Å². The topological polar surface area (TPSA) is 137 Å². The molecule has 2 aromatic carbocycles. The van der Waals surface area contributed by atoms with Gasteiger partial charge in [0, 0.05) is 29.2 Å². The molecule has 1 fully saturated rings. The van der Waals surface area contributed by atoms with E-state index in [4.69, 9.17) is 9.47 Å². The van der Waals surface area contributed by atoms with Gasteiger partial charge in [0.15, 0.2) is 12.1 Å². The molecule has 37 heavy (non-hydrogen) atoms. The second kappa shape index (κ2) is 9.25. The van der Waals surface area contributed by atoms with E-state index in [1.165, 1.54) is 18.2 Å². The molecule has 5 rings (SSSR count). The number of likely N-dealkylation sites (N-methyl/N-ethyl adjacent to an activating group) is 1. The van der Waals surface area contributed by atoms with E-state index in [-0.39, 0.29) is 45.2 Å². The van der Waals surface area contributed by atoms with Crippen molar-refractivity contribution in [2.75, 3.05) is 14.1 Å². The zero-order valence-corrected chi connectivity index (χ0v) is 21.2. The van der Waals surface area contributed by atoms with Crippen LogP contribution in [0.1, 0.15) is 82.2 Å². The Morgan fingerprint density at radius 3 is 2.43 bits per heavy atom. The lowest BCUT2D eigenvalue weighted by atomic mass is 9.77. The van der Waals surface area contributed by atoms with Crippen molar-refractivity contribution in [3.8, 4) is 17.2 Å². The molecule has 0 amide bonds. The van der Waals surface area contributed by atoms with Crippen LogP contribution < -0.4 is 0 Å². The molecule has 9 heteroatoms. The van der Waals surface area contributed by atoms with Gasteiger partial charge in [-0.3, -0.25) is 9.59 Å². The molecule has 0 radical (unpaired) electrons. The van der Waals surface area contributed by atoms with Gasteiger partial charge >= 0.3 is 0 Å². The Kier molecular flexibility index (Phi) is 6.35. The highest BCUT2D eigenvalue weighted by molar-refractivity contribution is 6.31. The summed E-state index contributed by atoms with van der Waals surface area (Å²) in [6.45, 7) is 3.71. The van der Waals surface area contributed by atoms with Crippen LogP contribution in [0.15, 0.2) is 23.8 Å². The molecule has 0 bridgehead atoms. The molecule has 196 valence electrons. The number of ketones is 2. The van der Waals surface area contributed by atoms with E-state index in [1.54, 1.807) is 13.0 Å². The van der Waals surface area contributed by atoms with E-state index in [2.05, 4.69) is 0 Å². The summed E-state index contributed by atoms with van der Waals surface area (Å²) in [5.41, 5.74) is 0.460. The molecule has 0 unspecified atom stereocenters. The number of aliphatic hydroxyl groups is 1. The fourth-order valence-corrected chi connectivity index (χ4v) is 5.68. The van der Waals surface area contributed by atoms with Crippen molar-refractivity contribution in [2.45, 2.75) is 63.8 Å². The Balaban J connectivity index is 1.62. The number of nitrogens with zero attached hydrogens (tertiary/aromatic N) is 1. The van der Waals surface area contributed by atoms with Gasteiger partial charge in [-0.1, -0.05) is 30.7 Å². The number of rotatable bonds is 4. The summed E-state index contributed by atoms with van der Waals surface area (Å²) >= 11 is 0. The van der Waals surface area contributed by atoms with Gasteiger partial charge in [0.05, 0.1) is 35.0 Å². The molecule has 0 saturated carbocycles. The Bertz CT molecular complexity index is 1330. The molecule has 9 nitrogen and oxygen atoms in total. The van der Waals surface area contributed by atoms with E-state index < -0.39 is 47.7 Å². The summed E-state index contributed by atoms with van der Waals surface area (Å²) in [5.74, 6) is -2.65. The van der Waals surface area contributed by atoms with Crippen LogP contribution in [0.5, 0.6) is 17.2 Å². The van der Waals surface area contributed by atoms with Crippen molar-refractivity contribution in [3.63, 3.8) is 0 Å². The molecular formula is C28H31NO8. The van der Waals surface area contributed by atoms with Gasteiger partial charge in [-0.15, -0.1) is 0 Å². The molecule has 1 heterocycles. The fourth-order valence-electron chi connectivity index (χ4n) is 5.68.